The summed E-state index contributed by atoms with van der Waals surface area (Å²) in [5.41, 5.74) is -2.40. The van der Waals surface area contributed by atoms with E-state index in [0.717, 1.165) is 6.42 Å². The minimum atomic E-state index is -1.17. The summed E-state index contributed by atoms with van der Waals surface area (Å²) in [5, 5.41) is 2.37. The van der Waals surface area contributed by atoms with Crippen LogP contribution in [0.15, 0.2) is 23.1 Å². The zero-order valence-electron chi connectivity index (χ0n) is 23.3. The van der Waals surface area contributed by atoms with Crippen molar-refractivity contribution < 1.29 is 37.0 Å². The van der Waals surface area contributed by atoms with E-state index in [-0.39, 0.29) is 48.5 Å². The SMILES string of the molecule is CCCCOc1c2n(cc(C(=O)NCc3c(F)cc(F)cc3F)c1=O)[C@@H]1CN(C2=O)[C@@H](C)CC[C@@]12CC(C)OCO2. The van der Waals surface area contributed by atoms with Gasteiger partial charge in [0, 0.05) is 49.4 Å². The van der Waals surface area contributed by atoms with E-state index in [1.165, 1.54) is 6.20 Å². The lowest BCUT2D eigenvalue weighted by Crippen LogP contribution is -2.55. The number of hydrogen-bond donors (Lipinski definition) is 1. The van der Waals surface area contributed by atoms with Crippen LogP contribution in [0.4, 0.5) is 13.2 Å². The van der Waals surface area contributed by atoms with Crippen molar-refractivity contribution in [3.05, 3.63) is 62.8 Å². The molecule has 1 unspecified atom stereocenters. The molecule has 1 spiro atoms. The number of fused-ring (bicyclic) bond motifs is 5. The van der Waals surface area contributed by atoms with Gasteiger partial charge in [-0.3, -0.25) is 14.4 Å². The second kappa shape index (κ2) is 11.5. The highest BCUT2D eigenvalue weighted by atomic mass is 19.1. The van der Waals surface area contributed by atoms with Crippen LogP contribution in [-0.2, 0) is 16.0 Å². The molecule has 1 aromatic heterocycles. The fourth-order valence-electron chi connectivity index (χ4n) is 6.03. The molecule has 222 valence electrons. The predicted octanol–water partition coefficient (Wildman–Crippen LogP) is 4.08. The molecule has 4 atom stereocenters. The Hall–Kier alpha value is -3.38. The minimum Gasteiger partial charge on any atom is -0.487 e. The third-order valence-corrected chi connectivity index (χ3v) is 8.34. The van der Waals surface area contributed by atoms with Crippen LogP contribution in [0.1, 0.15) is 85.3 Å². The van der Waals surface area contributed by atoms with E-state index in [1.54, 1.807) is 9.47 Å². The third kappa shape index (κ3) is 5.34. The number of amides is 2. The number of hydrogen-bond acceptors (Lipinski definition) is 6. The fourth-order valence-corrected chi connectivity index (χ4v) is 6.03. The van der Waals surface area contributed by atoms with Crippen molar-refractivity contribution in [1.29, 1.82) is 0 Å². The normalized spacial score (nSPS) is 25.6. The molecule has 5 rings (SSSR count). The third-order valence-electron chi connectivity index (χ3n) is 8.34. The number of carbonyl (C=O) groups excluding carboxylic acids is 2. The first-order valence-electron chi connectivity index (χ1n) is 14.0. The monoisotopic (exact) mass is 577 g/mol. The molecular weight excluding hydrogens is 543 g/mol. The second-order valence-electron chi connectivity index (χ2n) is 11.1. The number of aromatic nitrogens is 1. The lowest BCUT2D eigenvalue weighted by molar-refractivity contribution is -0.236. The number of nitrogens with zero attached hydrogens (tertiary/aromatic N) is 2. The Morgan fingerprint density at radius 3 is 2.61 bits per heavy atom. The molecule has 1 aromatic carbocycles. The van der Waals surface area contributed by atoms with E-state index in [9.17, 15) is 27.6 Å². The van der Waals surface area contributed by atoms with Gasteiger partial charge in [0.15, 0.2) is 11.4 Å². The van der Waals surface area contributed by atoms with E-state index in [2.05, 4.69) is 5.32 Å². The number of ether oxygens (including phenoxy) is 3. The van der Waals surface area contributed by atoms with Gasteiger partial charge in [0.25, 0.3) is 11.8 Å². The Balaban J connectivity index is 1.60. The quantitative estimate of drug-likeness (QED) is 0.498. The number of pyridine rings is 1. The number of benzene rings is 1. The van der Waals surface area contributed by atoms with Crippen LogP contribution in [0.3, 0.4) is 0 Å². The number of nitrogens with one attached hydrogen (secondary N) is 1. The summed E-state index contributed by atoms with van der Waals surface area (Å²) >= 11 is 0. The predicted molar refractivity (Wildman–Crippen MR) is 141 cm³/mol. The minimum absolute atomic E-state index is 0.0467. The number of rotatable bonds is 7. The van der Waals surface area contributed by atoms with Crippen LogP contribution in [0.5, 0.6) is 5.75 Å². The first-order chi connectivity index (χ1) is 19.6. The van der Waals surface area contributed by atoms with Crippen molar-refractivity contribution in [3.8, 4) is 5.75 Å². The van der Waals surface area contributed by atoms with E-state index in [4.69, 9.17) is 14.2 Å². The molecule has 2 bridgehead atoms. The molecule has 3 aliphatic heterocycles. The van der Waals surface area contributed by atoms with Crippen LogP contribution in [0.2, 0.25) is 0 Å². The lowest BCUT2D eigenvalue weighted by atomic mass is 9.82. The molecule has 12 heteroatoms. The molecule has 0 saturated carbocycles. The van der Waals surface area contributed by atoms with Crippen LogP contribution < -0.4 is 15.5 Å². The summed E-state index contributed by atoms with van der Waals surface area (Å²) in [6, 6.07) is 0.439. The largest absolute Gasteiger partial charge is 0.487 e. The van der Waals surface area contributed by atoms with Gasteiger partial charge in [-0.25, -0.2) is 13.2 Å². The molecular formula is C29H34F3N3O6. The van der Waals surface area contributed by atoms with Gasteiger partial charge in [0.1, 0.15) is 29.8 Å². The van der Waals surface area contributed by atoms with Crippen molar-refractivity contribution in [2.45, 2.75) is 83.2 Å². The molecule has 1 N–H and O–H groups in total. The van der Waals surface area contributed by atoms with E-state index in [0.29, 0.717) is 44.4 Å². The molecule has 0 radical (unpaired) electrons. The van der Waals surface area contributed by atoms with Gasteiger partial charge in [-0.2, -0.15) is 0 Å². The van der Waals surface area contributed by atoms with E-state index >= 15 is 0 Å². The average Bonchev–Trinajstić information content (AvgIpc) is 3.03. The van der Waals surface area contributed by atoms with Crippen molar-refractivity contribution in [2.24, 2.45) is 0 Å². The summed E-state index contributed by atoms with van der Waals surface area (Å²) in [7, 11) is 0. The highest BCUT2D eigenvalue weighted by Crippen LogP contribution is 2.46. The molecule has 2 saturated heterocycles. The average molecular weight is 578 g/mol. The molecule has 9 nitrogen and oxygen atoms in total. The molecule has 41 heavy (non-hydrogen) atoms. The summed E-state index contributed by atoms with van der Waals surface area (Å²) in [6.07, 6.45) is 4.41. The van der Waals surface area contributed by atoms with Crippen LogP contribution >= 0.6 is 0 Å². The Morgan fingerprint density at radius 2 is 1.93 bits per heavy atom. The summed E-state index contributed by atoms with van der Waals surface area (Å²) < 4.78 is 61.2. The standard InChI is InChI=1S/C29H34F3N3O6/c1-4-5-8-39-26-24-28(38)34-14-23(29(7-6-16(34)2)11-17(3)40-15-41-29)35(24)13-20(25(26)36)27(37)33-12-19-21(31)9-18(30)10-22(19)32/h9-10,13,16-17,23H,4-8,11-12,14-15H2,1-3H3,(H,33,37)/t16-,17?,23+,29+/m0/s1. The Morgan fingerprint density at radius 1 is 1.20 bits per heavy atom. The Kier molecular flexibility index (Phi) is 8.15. The number of halogens is 3. The lowest BCUT2D eigenvalue weighted by Gasteiger charge is -2.48. The zero-order valence-corrected chi connectivity index (χ0v) is 23.3. The molecule has 2 amide bonds. The Bertz CT molecular complexity index is 1390. The first kappa shape index (κ1) is 29.1. The zero-order chi connectivity index (χ0) is 29.5. The smallest absolute Gasteiger partial charge is 0.274 e. The summed E-state index contributed by atoms with van der Waals surface area (Å²) in [5.74, 6) is -4.96. The maximum Gasteiger partial charge on any atom is 0.274 e. The van der Waals surface area contributed by atoms with Crippen molar-refractivity contribution in [2.75, 3.05) is 19.9 Å². The molecule has 0 aliphatic carbocycles. The van der Waals surface area contributed by atoms with Gasteiger partial charge in [-0.05, 0) is 33.1 Å². The van der Waals surface area contributed by atoms with Gasteiger partial charge in [-0.15, -0.1) is 0 Å². The van der Waals surface area contributed by atoms with Gasteiger partial charge >= 0.3 is 0 Å². The number of carbonyl (C=O) groups is 2. The van der Waals surface area contributed by atoms with Gasteiger partial charge < -0.3 is 29.0 Å². The van der Waals surface area contributed by atoms with E-state index < -0.39 is 52.5 Å². The van der Waals surface area contributed by atoms with Crippen molar-refractivity contribution >= 4 is 11.8 Å². The number of unbranched alkanes of at least 4 members (excludes halogenated alkanes) is 1. The van der Waals surface area contributed by atoms with Gasteiger partial charge in [-0.1, -0.05) is 13.3 Å². The van der Waals surface area contributed by atoms with Crippen LogP contribution in [0, 0.1) is 17.5 Å². The highest BCUT2D eigenvalue weighted by molar-refractivity contribution is 5.99. The Labute approximate surface area is 235 Å². The van der Waals surface area contributed by atoms with E-state index in [1.807, 2.05) is 20.8 Å². The fraction of sp³-hybridized carbons (Fsp3) is 0.552. The highest BCUT2D eigenvalue weighted by Gasteiger charge is 2.52. The second-order valence-corrected chi connectivity index (χ2v) is 11.1. The summed E-state index contributed by atoms with van der Waals surface area (Å²) in [4.78, 5) is 42.6. The molecule has 3 aliphatic rings. The van der Waals surface area contributed by atoms with Crippen molar-refractivity contribution in [1.82, 2.24) is 14.8 Å². The van der Waals surface area contributed by atoms with Gasteiger partial charge in [0.2, 0.25) is 5.43 Å². The molecule has 4 heterocycles. The summed E-state index contributed by atoms with van der Waals surface area (Å²) in [6.45, 7) is 5.74. The maximum absolute atomic E-state index is 14.2. The van der Waals surface area contributed by atoms with Crippen LogP contribution in [-0.4, -0.2) is 59.0 Å². The molecule has 2 aromatic rings. The van der Waals surface area contributed by atoms with Crippen molar-refractivity contribution in [3.63, 3.8) is 0 Å². The molecule has 2 fully saturated rings. The first-order valence-corrected chi connectivity index (χ1v) is 14.0. The maximum atomic E-state index is 14.2. The van der Waals surface area contributed by atoms with Crippen LogP contribution in [0.25, 0.3) is 0 Å². The van der Waals surface area contributed by atoms with Gasteiger partial charge in [0.05, 0.1) is 24.4 Å². The topological polar surface area (TPSA) is 99.1 Å².